The van der Waals surface area contributed by atoms with E-state index >= 15 is 0 Å². The highest BCUT2D eigenvalue weighted by atomic mass is 79.9. The Bertz CT molecular complexity index is 431. The van der Waals surface area contributed by atoms with Crippen molar-refractivity contribution in [1.29, 1.82) is 0 Å². The van der Waals surface area contributed by atoms with Crippen molar-refractivity contribution in [2.45, 2.75) is 25.3 Å². The van der Waals surface area contributed by atoms with Crippen molar-refractivity contribution in [3.05, 3.63) is 27.7 Å². The minimum atomic E-state index is -4.52. The van der Waals surface area contributed by atoms with E-state index < -0.39 is 18.4 Å². The first-order chi connectivity index (χ1) is 7.30. The molecule has 0 aliphatic carbocycles. The van der Waals surface area contributed by atoms with Crippen molar-refractivity contribution < 1.29 is 23.0 Å². The molecule has 0 saturated heterocycles. The van der Waals surface area contributed by atoms with Gasteiger partial charge in [-0.2, -0.15) is 13.2 Å². The van der Waals surface area contributed by atoms with Gasteiger partial charge in [0.05, 0.1) is 4.47 Å². The van der Waals surface area contributed by atoms with Crippen LogP contribution in [-0.2, 0) is 0 Å². The van der Waals surface area contributed by atoms with E-state index in [9.17, 15) is 18.3 Å². The number of aliphatic hydroxyl groups excluding tert-OH is 1. The Kier molecular flexibility index (Phi) is 2.66. The second-order valence-corrected chi connectivity index (χ2v) is 4.55. The number of halogens is 4. The number of hydrogen-bond donors (Lipinski definition) is 1. The Labute approximate surface area is 98.2 Å². The topological polar surface area (TPSA) is 29.5 Å². The zero-order chi connectivity index (χ0) is 12.1. The smallest absolute Gasteiger partial charge is 0.401 e. The summed E-state index contributed by atoms with van der Waals surface area (Å²) in [5.41, 5.74) is 0.657. The van der Waals surface area contributed by atoms with Crippen molar-refractivity contribution in [1.82, 2.24) is 0 Å². The molecule has 0 fully saturated rings. The highest BCUT2D eigenvalue weighted by Crippen LogP contribution is 2.49. The van der Waals surface area contributed by atoms with E-state index in [4.69, 9.17) is 4.74 Å². The van der Waals surface area contributed by atoms with E-state index in [2.05, 4.69) is 15.9 Å². The molecule has 2 nitrogen and oxygen atoms in total. The van der Waals surface area contributed by atoms with Crippen LogP contribution < -0.4 is 4.74 Å². The molecule has 1 heterocycles. The molecule has 1 aliphatic rings. The monoisotopic (exact) mass is 296 g/mol. The van der Waals surface area contributed by atoms with Gasteiger partial charge in [0, 0.05) is 5.56 Å². The van der Waals surface area contributed by atoms with Crippen LogP contribution in [0.25, 0.3) is 0 Å². The Hall–Kier alpha value is -0.750. The van der Waals surface area contributed by atoms with Gasteiger partial charge in [-0.3, -0.25) is 0 Å². The predicted molar refractivity (Wildman–Crippen MR) is 54.3 cm³/mol. The van der Waals surface area contributed by atoms with Gasteiger partial charge in [0.1, 0.15) is 11.7 Å². The third-order valence-electron chi connectivity index (χ3n) is 2.43. The third-order valence-corrected chi connectivity index (χ3v) is 3.02. The van der Waals surface area contributed by atoms with Crippen LogP contribution in [0.4, 0.5) is 13.2 Å². The summed E-state index contributed by atoms with van der Waals surface area (Å²) >= 11 is 3.12. The number of ether oxygens (including phenoxy) is 1. The molecule has 2 rings (SSSR count). The molecule has 1 aliphatic heterocycles. The molecule has 0 bridgehead atoms. The lowest BCUT2D eigenvalue weighted by atomic mass is 9.98. The summed E-state index contributed by atoms with van der Waals surface area (Å²) in [7, 11) is 0. The number of alkyl halides is 3. The van der Waals surface area contributed by atoms with Crippen molar-refractivity contribution in [2.75, 3.05) is 0 Å². The number of aryl methyl sites for hydroxylation is 1. The summed E-state index contributed by atoms with van der Waals surface area (Å²) < 4.78 is 43.3. The molecule has 0 amide bonds. The van der Waals surface area contributed by atoms with Crippen LogP contribution in [0.5, 0.6) is 5.75 Å². The second-order valence-electron chi connectivity index (χ2n) is 3.69. The lowest BCUT2D eigenvalue weighted by molar-refractivity contribution is -0.191. The molecule has 0 saturated carbocycles. The van der Waals surface area contributed by atoms with Crippen LogP contribution in [0.15, 0.2) is 16.6 Å². The number of rotatable bonds is 0. The first-order valence-corrected chi connectivity index (χ1v) is 5.31. The molecule has 2 unspecified atom stereocenters. The van der Waals surface area contributed by atoms with Gasteiger partial charge >= 0.3 is 6.18 Å². The van der Waals surface area contributed by atoms with Crippen LogP contribution >= 0.6 is 15.9 Å². The summed E-state index contributed by atoms with van der Waals surface area (Å²) in [6.45, 7) is 1.68. The summed E-state index contributed by atoms with van der Waals surface area (Å²) in [4.78, 5) is 0. The minimum Gasteiger partial charge on any atom is -0.463 e. The van der Waals surface area contributed by atoms with Gasteiger partial charge in [-0.1, -0.05) is 6.07 Å². The Morgan fingerprint density at radius 2 is 2.00 bits per heavy atom. The minimum absolute atomic E-state index is 0.0214. The summed E-state index contributed by atoms with van der Waals surface area (Å²) in [5.74, 6) is -1.90. The molecule has 88 valence electrons. The lowest BCUT2D eigenvalue weighted by Crippen LogP contribution is -2.30. The van der Waals surface area contributed by atoms with Crippen LogP contribution in [0.1, 0.15) is 17.0 Å². The fourth-order valence-electron chi connectivity index (χ4n) is 1.79. The molecule has 1 N–H and O–H groups in total. The molecule has 6 heteroatoms. The van der Waals surface area contributed by atoms with E-state index in [1.807, 2.05) is 0 Å². The maximum Gasteiger partial charge on any atom is 0.401 e. The maximum absolute atomic E-state index is 12.7. The van der Waals surface area contributed by atoms with Crippen LogP contribution in [0.2, 0.25) is 0 Å². The Morgan fingerprint density at radius 1 is 1.38 bits per heavy atom. The lowest BCUT2D eigenvalue weighted by Gasteiger charge is -2.17. The van der Waals surface area contributed by atoms with Gasteiger partial charge in [-0.15, -0.1) is 0 Å². The SMILES string of the molecule is Cc1cc(Br)c2c(c1)C(C(F)(F)F)C(O)O2. The number of fused-ring (bicyclic) bond motifs is 1. The van der Waals surface area contributed by atoms with Gasteiger partial charge in [0.15, 0.2) is 0 Å². The zero-order valence-electron chi connectivity index (χ0n) is 8.18. The normalized spacial score (nSPS) is 24.1. The first-order valence-electron chi connectivity index (χ1n) is 4.52. The van der Waals surface area contributed by atoms with Gasteiger partial charge in [-0.25, -0.2) is 0 Å². The molecular weight excluding hydrogens is 289 g/mol. The zero-order valence-corrected chi connectivity index (χ0v) is 9.76. The highest BCUT2D eigenvalue weighted by Gasteiger charge is 2.52. The average Bonchev–Trinajstić information content (AvgIpc) is 2.40. The molecule has 0 aromatic heterocycles. The predicted octanol–water partition coefficient (Wildman–Crippen LogP) is 3.11. The Morgan fingerprint density at radius 3 is 2.56 bits per heavy atom. The highest BCUT2D eigenvalue weighted by molar-refractivity contribution is 9.10. The van der Waals surface area contributed by atoms with E-state index in [1.165, 1.54) is 6.07 Å². The second kappa shape index (κ2) is 3.63. The summed E-state index contributed by atoms with van der Waals surface area (Å²) in [6.07, 6.45) is -6.38. The molecule has 1 aromatic carbocycles. The summed E-state index contributed by atoms with van der Waals surface area (Å²) in [5, 5.41) is 9.30. The van der Waals surface area contributed by atoms with Gasteiger partial charge < -0.3 is 9.84 Å². The van der Waals surface area contributed by atoms with E-state index in [0.717, 1.165) is 0 Å². The largest absolute Gasteiger partial charge is 0.463 e. The fraction of sp³-hybridized carbons (Fsp3) is 0.400. The van der Waals surface area contributed by atoms with Crippen molar-refractivity contribution in [2.24, 2.45) is 0 Å². The standard InChI is InChI=1S/C10H8BrF3O2/c1-4-2-5-7(10(12,13)14)9(15)16-8(5)6(11)3-4/h2-3,7,9,15H,1H3. The molecule has 1 aromatic rings. The average molecular weight is 297 g/mol. The van der Waals surface area contributed by atoms with Gasteiger partial charge in [0.25, 0.3) is 0 Å². The Balaban J connectivity index is 2.56. The maximum atomic E-state index is 12.7. The van der Waals surface area contributed by atoms with Crippen LogP contribution in [-0.4, -0.2) is 17.6 Å². The van der Waals surface area contributed by atoms with E-state index in [0.29, 0.717) is 10.0 Å². The van der Waals surface area contributed by atoms with Crippen molar-refractivity contribution in [3.63, 3.8) is 0 Å². The molecule has 16 heavy (non-hydrogen) atoms. The quantitative estimate of drug-likeness (QED) is 0.797. The number of aliphatic hydroxyl groups is 1. The molecule has 0 spiro atoms. The van der Waals surface area contributed by atoms with Crippen molar-refractivity contribution >= 4 is 15.9 Å². The van der Waals surface area contributed by atoms with Gasteiger partial charge in [0.2, 0.25) is 6.29 Å². The first kappa shape index (κ1) is 11.7. The van der Waals surface area contributed by atoms with Gasteiger partial charge in [-0.05, 0) is 34.5 Å². The number of benzene rings is 1. The van der Waals surface area contributed by atoms with Crippen LogP contribution in [0, 0.1) is 6.92 Å². The third kappa shape index (κ3) is 1.80. The number of hydrogen-bond acceptors (Lipinski definition) is 2. The molecule has 2 atom stereocenters. The summed E-state index contributed by atoms with van der Waals surface area (Å²) in [6, 6.07) is 3.03. The van der Waals surface area contributed by atoms with E-state index in [-0.39, 0.29) is 11.3 Å². The fourth-order valence-corrected chi connectivity index (χ4v) is 2.48. The van der Waals surface area contributed by atoms with Crippen LogP contribution in [0.3, 0.4) is 0 Å². The molecule has 0 radical (unpaired) electrons. The van der Waals surface area contributed by atoms with E-state index in [1.54, 1.807) is 13.0 Å². The molecular formula is C10H8BrF3O2. The van der Waals surface area contributed by atoms with Crippen molar-refractivity contribution in [3.8, 4) is 5.75 Å².